The molecule has 0 bridgehead atoms. The van der Waals surface area contributed by atoms with Crippen LogP contribution in [0.15, 0.2) is 108 Å². The van der Waals surface area contributed by atoms with Crippen LogP contribution in [0.3, 0.4) is 0 Å². The number of benzene rings is 6. The second-order valence-corrected chi connectivity index (χ2v) is 11.3. The number of hydrogen-bond acceptors (Lipinski definition) is 1. The lowest BCUT2D eigenvalue weighted by Gasteiger charge is -2.07. The van der Waals surface area contributed by atoms with Crippen molar-refractivity contribution in [3.63, 3.8) is 0 Å². The minimum Gasteiger partial charge on any atom is -0.455 e. The summed E-state index contributed by atoms with van der Waals surface area (Å²) in [6.45, 7) is 0. The molecule has 4 heterocycles. The lowest BCUT2D eigenvalue weighted by Crippen LogP contribution is -1.88. The first-order valence-corrected chi connectivity index (χ1v) is 13.8. The minimum atomic E-state index is 0.929. The fourth-order valence-electron chi connectivity index (χ4n) is 7.04. The van der Waals surface area contributed by atoms with Crippen molar-refractivity contribution in [2.45, 2.75) is 0 Å². The normalized spacial score (nSPS) is 12.9. The zero-order valence-electron chi connectivity index (χ0n) is 20.0. The number of fused-ring (bicyclic) bond motifs is 11. The van der Waals surface area contributed by atoms with Crippen molar-refractivity contribution in [3.8, 4) is 0 Å². The van der Waals surface area contributed by atoms with Gasteiger partial charge in [-0.15, -0.1) is 0 Å². The van der Waals surface area contributed by atoms with E-state index in [4.69, 9.17) is 4.42 Å². The Morgan fingerprint density at radius 1 is 0.500 bits per heavy atom. The van der Waals surface area contributed by atoms with E-state index < -0.39 is 0 Å². The largest absolute Gasteiger partial charge is 0.455 e. The average Bonchev–Trinajstić information content (AvgIpc) is 3.57. The molecule has 0 aliphatic carbocycles. The van der Waals surface area contributed by atoms with Crippen molar-refractivity contribution in [3.05, 3.63) is 103 Å². The lowest BCUT2D eigenvalue weighted by atomic mass is 9.99. The summed E-state index contributed by atoms with van der Waals surface area (Å²) in [5.41, 5.74) is 8.08. The van der Waals surface area contributed by atoms with Gasteiger partial charge < -0.3 is 8.82 Å². The molecule has 176 valence electrons. The molecule has 3 nitrogen and oxygen atoms in total. The maximum absolute atomic E-state index is 6.71. The number of hydrogen-bond donors (Lipinski definition) is 0. The molecule has 10 aromatic rings. The third-order valence-electron chi connectivity index (χ3n) is 8.51. The van der Waals surface area contributed by atoms with Crippen molar-refractivity contribution in [2.24, 2.45) is 0 Å². The van der Waals surface area contributed by atoms with E-state index in [9.17, 15) is 0 Å². The van der Waals surface area contributed by atoms with Crippen LogP contribution in [0.25, 0.3) is 92.6 Å². The highest BCUT2D eigenvalue weighted by atomic mass is 127. The average molecular weight is 596 g/mol. The number of halogens is 1. The molecule has 0 N–H and O–H groups in total. The van der Waals surface area contributed by atoms with Crippen LogP contribution >= 0.6 is 22.9 Å². The molecule has 4 heteroatoms. The third-order valence-corrected chi connectivity index (χ3v) is 9.51. The predicted octanol–water partition coefficient (Wildman–Crippen LogP) is 10.2. The molecule has 0 aliphatic rings. The summed E-state index contributed by atoms with van der Waals surface area (Å²) in [5, 5.41) is 12.3. The predicted molar refractivity (Wildman–Crippen MR) is 168 cm³/mol. The highest BCUT2D eigenvalue weighted by Crippen LogP contribution is 2.49. The summed E-state index contributed by atoms with van der Waals surface area (Å²) in [7, 11) is 0. The lowest BCUT2D eigenvalue weighted by molar-refractivity contribution is 0.673. The fourth-order valence-corrected chi connectivity index (χ4v) is 7.92. The Morgan fingerprint density at radius 3 is 2.16 bits per heavy atom. The van der Waals surface area contributed by atoms with Gasteiger partial charge in [-0.1, -0.05) is 78.9 Å². The Labute approximate surface area is 229 Å². The summed E-state index contributed by atoms with van der Waals surface area (Å²) in [6, 6.07) is 37.4. The van der Waals surface area contributed by atoms with E-state index in [0.29, 0.717) is 0 Å². The van der Waals surface area contributed by atoms with Crippen LogP contribution in [-0.4, -0.2) is 7.18 Å². The molecule has 10 rings (SSSR count). The molecule has 0 saturated carbocycles. The summed E-state index contributed by atoms with van der Waals surface area (Å²) in [5.74, 6) is 0. The van der Waals surface area contributed by atoms with Crippen LogP contribution in [0, 0.1) is 0 Å². The van der Waals surface area contributed by atoms with Crippen LogP contribution in [0.1, 0.15) is 0 Å². The molecule has 0 radical (unpaired) electrons. The van der Waals surface area contributed by atoms with Gasteiger partial charge in [0.2, 0.25) is 0 Å². The van der Waals surface area contributed by atoms with E-state index in [1.165, 1.54) is 70.7 Å². The van der Waals surface area contributed by atoms with Crippen LogP contribution < -0.4 is 0 Å². The quantitative estimate of drug-likeness (QED) is 0.160. The highest BCUT2D eigenvalue weighted by Gasteiger charge is 2.25. The molecule has 4 aromatic heterocycles. The Bertz CT molecular complexity index is 2630. The van der Waals surface area contributed by atoms with Gasteiger partial charge in [-0.3, -0.25) is 2.78 Å². The number of aromatic nitrogens is 2. The van der Waals surface area contributed by atoms with E-state index in [1.54, 1.807) is 0 Å². The van der Waals surface area contributed by atoms with Crippen LogP contribution in [-0.2, 0) is 0 Å². The molecule has 0 amide bonds. The first-order chi connectivity index (χ1) is 18.8. The smallest absolute Gasteiger partial charge is 0.144 e. The molecule has 38 heavy (non-hydrogen) atoms. The molecule has 0 unspecified atom stereocenters. The molecular weight excluding hydrogens is 579 g/mol. The molecule has 0 saturated heterocycles. The maximum atomic E-state index is 6.71. The molecule has 0 fully saturated rings. The second kappa shape index (κ2) is 6.58. The van der Waals surface area contributed by atoms with Gasteiger partial charge in [0.05, 0.1) is 50.4 Å². The van der Waals surface area contributed by atoms with Crippen LogP contribution in [0.2, 0.25) is 0 Å². The fraction of sp³-hybridized carbons (Fsp3) is 0. The van der Waals surface area contributed by atoms with E-state index in [0.717, 1.165) is 21.9 Å². The first-order valence-electron chi connectivity index (χ1n) is 12.8. The Balaban J connectivity index is 1.71. The zero-order chi connectivity index (χ0) is 24.7. The van der Waals surface area contributed by atoms with Crippen molar-refractivity contribution in [2.75, 3.05) is 0 Å². The van der Waals surface area contributed by atoms with Crippen molar-refractivity contribution in [1.82, 2.24) is 7.18 Å². The van der Waals surface area contributed by atoms with Crippen LogP contribution in [0.5, 0.6) is 0 Å². The van der Waals surface area contributed by atoms with Gasteiger partial charge in [-0.25, -0.2) is 0 Å². The molecular formula is C34H17IN2O. The maximum Gasteiger partial charge on any atom is 0.144 e. The standard InChI is InChI=1S/C34H17IN2O/c35-37-27-17-24-21-11-4-6-15-28(21)38-34(24)29-23-13-7-12-22-20-10-3-5-14-25(20)36(32(22)23)26-16-18-8-1-2-9-19(18)33(37)31(26)30(27)29/h1-17H. The zero-order valence-corrected chi connectivity index (χ0v) is 22.2. The number of nitrogens with zero attached hydrogens (tertiary/aromatic N) is 2. The monoisotopic (exact) mass is 596 g/mol. The van der Waals surface area contributed by atoms with Gasteiger partial charge in [-0.05, 0) is 29.7 Å². The SMILES string of the molecule is In1c2cc3c4ccccc4oc3c3c4cccc5c6ccccc6n(c6cc7ccccc7c1c6c32)c54. The third kappa shape index (κ3) is 2.12. The second-order valence-electron chi connectivity index (χ2n) is 10.3. The summed E-state index contributed by atoms with van der Waals surface area (Å²) in [4.78, 5) is 0. The van der Waals surface area contributed by atoms with E-state index in [-0.39, 0.29) is 0 Å². The van der Waals surface area contributed by atoms with Gasteiger partial charge in [0.15, 0.2) is 0 Å². The summed E-state index contributed by atoms with van der Waals surface area (Å²) in [6.07, 6.45) is 0. The van der Waals surface area contributed by atoms with E-state index >= 15 is 0 Å². The van der Waals surface area contributed by atoms with Gasteiger partial charge in [-0.2, -0.15) is 0 Å². The van der Waals surface area contributed by atoms with Gasteiger partial charge >= 0.3 is 0 Å². The molecule has 6 aromatic carbocycles. The van der Waals surface area contributed by atoms with E-state index in [2.05, 4.69) is 133 Å². The summed E-state index contributed by atoms with van der Waals surface area (Å²) < 4.78 is 11.6. The Morgan fingerprint density at radius 2 is 1.24 bits per heavy atom. The molecule has 0 aliphatic heterocycles. The van der Waals surface area contributed by atoms with E-state index in [1.807, 2.05) is 0 Å². The molecule has 0 spiro atoms. The van der Waals surface area contributed by atoms with Crippen LogP contribution in [0.4, 0.5) is 0 Å². The topological polar surface area (TPSA) is 22.5 Å². The first kappa shape index (κ1) is 19.8. The molecule has 0 atom stereocenters. The van der Waals surface area contributed by atoms with Gasteiger partial charge in [0, 0.05) is 48.5 Å². The number of rotatable bonds is 0. The van der Waals surface area contributed by atoms with Gasteiger partial charge in [0.1, 0.15) is 11.2 Å². The Hall–Kier alpha value is -4.29. The number of para-hydroxylation sites is 3. The van der Waals surface area contributed by atoms with Crippen molar-refractivity contribution < 1.29 is 4.42 Å². The summed E-state index contributed by atoms with van der Waals surface area (Å²) >= 11 is 2.51. The highest BCUT2D eigenvalue weighted by molar-refractivity contribution is 14.1. The van der Waals surface area contributed by atoms with Crippen molar-refractivity contribution in [1.29, 1.82) is 0 Å². The van der Waals surface area contributed by atoms with Crippen molar-refractivity contribution >= 4 is 115 Å². The number of furan rings is 1. The Kier molecular flexibility index (Phi) is 3.42. The van der Waals surface area contributed by atoms with Gasteiger partial charge in [0.25, 0.3) is 0 Å². The minimum absolute atomic E-state index is 0.929.